The molecule has 0 bridgehead atoms. The first-order valence-electron chi connectivity index (χ1n) is 6.36. The molecule has 9 heteroatoms. The van der Waals surface area contributed by atoms with E-state index in [0.717, 1.165) is 6.07 Å². The predicted molar refractivity (Wildman–Crippen MR) is 75.8 cm³/mol. The van der Waals surface area contributed by atoms with Crippen LogP contribution in [-0.2, 0) is 23.1 Å². The van der Waals surface area contributed by atoms with E-state index in [2.05, 4.69) is 9.97 Å². The van der Waals surface area contributed by atoms with E-state index in [1.54, 1.807) is 0 Å². The average Bonchev–Trinajstić information content (AvgIpc) is 2.90. The number of nitrogens with two attached hydrogens (primary N) is 1. The molecule has 116 valence electrons. The summed E-state index contributed by atoms with van der Waals surface area (Å²) in [5.74, 6) is -0.653. The van der Waals surface area contributed by atoms with Crippen molar-refractivity contribution in [1.29, 1.82) is 0 Å². The Morgan fingerprint density at radius 3 is 2.82 bits per heavy atom. The van der Waals surface area contributed by atoms with Crippen LogP contribution in [0.3, 0.4) is 0 Å². The third kappa shape index (κ3) is 2.38. The number of methoxy groups -OCH3 is 1. The minimum atomic E-state index is -3.84. The van der Waals surface area contributed by atoms with Crippen LogP contribution in [0.5, 0.6) is 5.75 Å². The maximum atomic E-state index is 13.7. The number of rotatable bonds is 3. The Morgan fingerprint density at radius 2 is 2.14 bits per heavy atom. The second-order valence-corrected chi connectivity index (χ2v) is 6.71. The van der Waals surface area contributed by atoms with Crippen LogP contribution in [0, 0.1) is 5.82 Å². The molecule has 2 heterocycles. The topological polar surface area (TPSA) is 98.4 Å². The first-order chi connectivity index (χ1) is 10.4. The second-order valence-electron chi connectivity index (χ2n) is 4.77. The SMILES string of the molecule is COc1ccc(S(=O)(=O)N2Cc3cnc(N)nc3C2)cc1F. The maximum absolute atomic E-state index is 13.7. The van der Waals surface area contributed by atoms with Crippen LogP contribution in [0.1, 0.15) is 11.3 Å². The molecule has 0 fully saturated rings. The van der Waals surface area contributed by atoms with Crippen LogP contribution in [0.4, 0.5) is 10.3 Å². The molecule has 0 saturated heterocycles. The molecule has 0 saturated carbocycles. The highest BCUT2D eigenvalue weighted by molar-refractivity contribution is 7.89. The number of hydrogen-bond acceptors (Lipinski definition) is 6. The monoisotopic (exact) mass is 324 g/mol. The van der Waals surface area contributed by atoms with Gasteiger partial charge in [-0.25, -0.2) is 22.8 Å². The van der Waals surface area contributed by atoms with Gasteiger partial charge in [-0.1, -0.05) is 0 Å². The Balaban J connectivity index is 1.93. The fraction of sp³-hybridized carbons (Fsp3) is 0.231. The van der Waals surface area contributed by atoms with Crippen LogP contribution in [0.15, 0.2) is 29.3 Å². The number of aromatic nitrogens is 2. The number of nitrogen functional groups attached to an aromatic ring is 1. The zero-order valence-corrected chi connectivity index (χ0v) is 12.5. The van der Waals surface area contributed by atoms with Crippen molar-refractivity contribution in [2.45, 2.75) is 18.0 Å². The van der Waals surface area contributed by atoms with Gasteiger partial charge in [0.2, 0.25) is 16.0 Å². The van der Waals surface area contributed by atoms with Gasteiger partial charge in [-0.05, 0) is 18.2 Å². The summed E-state index contributed by atoms with van der Waals surface area (Å²) in [6.45, 7) is 0.212. The number of halogens is 1. The summed E-state index contributed by atoms with van der Waals surface area (Å²) >= 11 is 0. The highest BCUT2D eigenvalue weighted by Crippen LogP contribution is 2.29. The van der Waals surface area contributed by atoms with Gasteiger partial charge in [-0.2, -0.15) is 4.31 Å². The minimum absolute atomic E-state index is 0.0118. The molecule has 0 atom stereocenters. The van der Waals surface area contributed by atoms with Crippen LogP contribution in [0.25, 0.3) is 0 Å². The lowest BCUT2D eigenvalue weighted by Crippen LogP contribution is -2.25. The summed E-state index contributed by atoms with van der Waals surface area (Å²) in [6.07, 6.45) is 1.50. The Kier molecular flexibility index (Phi) is 3.45. The third-order valence-electron chi connectivity index (χ3n) is 3.41. The smallest absolute Gasteiger partial charge is 0.243 e. The van der Waals surface area contributed by atoms with E-state index < -0.39 is 15.8 Å². The Morgan fingerprint density at radius 1 is 1.36 bits per heavy atom. The van der Waals surface area contributed by atoms with Crippen molar-refractivity contribution < 1.29 is 17.5 Å². The largest absolute Gasteiger partial charge is 0.494 e. The van der Waals surface area contributed by atoms with Crippen molar-refractivity contribution in [3.63, 3.8) is 0 Å². The van der Waals surface area contributed by atoms with Gasteiger partial charge in [0.1, 0.15) is 0 Å². The number of benzene rings is 1. The van der Waals surface area contributed by atoms with Gasteiger partial charge >= 0.3 is 0 Å². The van der Waals surface area contributed by atoms with Crippen LogP contribution < -0.4 is 10.5 Å². The summed E-state index contributed by atoms with van der Waals surface area (Å²) in [5, 5.41) is 0. The first kappa shape index (κ1) is 14.7. The quantitative estimate of drug-likeness (QED) is 0.901. The van der Waals surface area contributed by atoms with Crippen molar-refractivity contribution >= 4 is 16.0 Å². The van der Waals surface area contributed by atoms with Crippen molar-refractivity contribution in [1.82, 2.24) is 14.3 Å². The normalized spacial score (nSPS) is 14.8. The Hall–Kier alpha value is -2.26. The third-order valence-corrected chi connectivity index (χ3v) is 5.19. The molecule has 1 aliphatic heterocycles. The van der Waals surface area contributed by atoms with E-state index in [1.165, 1.54) is 29.7 Å². The average molecular weight is 324 g/mol. The first-order valence-corrected chi connectivity index (χ1v) is 7.80. The lowest BCUT2D eigenvalue weighted by atomic mass is 10.3. The van der Waals surface area contributed by atoms with E-state index in [9.17, 15) is 12.8 Å². The molecule has 0 radical (unpaired) electrons. The van der Waals surface area contributed by atoms with Gasteiger partial charge < -0.3 is 10.5 Å². The molecule has 0 spiro atoms. The van der Waals surface area contributed by atoms with Gasteiger partial charge in [-0.15, -0.1) is 0 Å². The van der Waals surface area contributed by atoms with Crippen molar-refractivity contribution in [3.8, 4) is 5.75 Å². The van der Waals surface area contributed by atoms with Crippen molar-refractivity contribution in [2.75, 3.05) is 12.8 Å². The van der Waals surface area contributed by atoms with E-state index in [1.807, 2.05) is 0 Å². The van der Waals surface area contributed by atoms with Gasteiger partial charge in [0.05, 0.1) is 24.2 Å². The fourth-order valence-corrected chi connectivity index (χ4v) is 3.66. The second kappa shape index (κ2) is 5.18. The summed E-state index contributed by atoms with van der Waals surface area (Å²) in [6, 6.07) is 3.53. The lowest BCUT2D eigenvalue weighted by molar-refractivity contribution is 0.385. The molecule has 1 aromatic heterocycles. The zero-order valence-electron chi connectivity index (χ0n) is 11.7. The summed E-state index contributed by atoms with van der Waals surface area (Å²) < 4.78 is 44.9. The number of sulfonamides is 1. The van der Waals surface area contributed by atoms with Gasteiger partial charge in [0, 0.05) is 18.3 Å². The van der Waals surface area contributed by atoms with Crippen LogP contribution in [-0.4, -0.2) is 29.8 Å². The van der Waals surface area contributed by atoms with Crippen LogP contribution >= 0.6 is 0 Å². The highest BCUT2D eigenvalue weighted by atomic mass is 32.2. The predicted octanol–water partition coefficient (Wildman–Crippen LogP) is 0.911. The summed E-state index contributed by atoms with van der Waals surface area (Å²) in [7, 11) is -2.53. The van der Waals surface area contributed by atoms with Crippen molar-refractivity contribution in [3.05, 3.63) is 41.5 Å². The van der Waals surface area contributed by atoms with Crippen molar-refractivity contribution in [2.24, 2.45) is 0 Å². The Bertz CT molecular complexity index is 841. The molecule has 2 N–H and O–H groups in total. The summed E-state index contributed by atoms with van der Waals surface area (Å²) in [4.78, 5) is 7.73. The maximum Gasteiger partial charge on any atom is 0.243 e. The number of fused-ring (bicyclic) bond motifs is 1. The molecule has 0 unspecified atom stereocenters. The van der Waals surface area contributed by atoms with E-state index in [0.29, 0.717) is 11.3 Å². The number of anilines is 1. The molecule has 3 rings (SSSR count). The number of hydrogen-bond donors (Lipinski definition) is 1. The zero-order chi connectivity index (χ0) is 15.9. The fourth-order valence-electron chi connectivity index (χ4n) is 2.27. The molecule has 1 aliphatic rings. The molecular formula is C13H13FN4O3S. The standard InChI is InChI=1S/C13H13FN4O3S/c1-21-12-3-2-9(4-10(12)14)22(19,20)18-6-8-5-16-13(15)17-11(8)7-18/h2-5H,6-7H2,1H3,(H2,15,16,17). The Labute approximate surface area is 126 Å². The van der Waals surface area contributed by atoms with E-state index in [-0.39, 0.29) is 29.7 Å². The highest BCUT2D eigenvalue weighted by Gasteiger charge is 2.32. The van der Waals surface area contributed by atoms with Gasteiger partial charge in [0.25, 0.3) is 0 Å². The lowest BCUT2D eigenvalue weighted by Gasteiger charge is -2.15. The van der Waals surface area contributed by atoms with E-state index >= 15 is 0 Å². The summed E-state index contributed by atoms with van der Waals surface area (Å²) in [5.41, 5.74) is 6.74. The number of ether oxygens (including phenoxy) is 1. The van der Waals surface area contributed by atoms with Gasteiger partial charge in [-0.3, -0.25) is 0 Å². The van der Waals surface area contributed by atoms with Gasteiger partial charge in [0.15, 0.2) is 11.6 Å². The molecule has 1 aromatic carbocycles. The molecule has 22 heavy (non-hydrogen) atoms. The van der Waals surface area contributed by atoms with E-state index in [4.69, 9.17) is 10.5 Å². The number of nitrogens with zero attached hydrogens (tertiary/aromatic N) is 3. The molecular weight excluding hydrogens is 311 g/mol. The molecule has 2 aromatic rings. The molecule has 7 nitrogen and oxygen atoms in total. The van der Waals surface area contributed by atoms with Crippen LogP contribution in [0.2, 0.25) is 0 Å². The minimum Gasteiger partial charge on any atom is -0.494 e. The molecule has 0 amide bonds. The molecule has 0 aliphatic carbocycles.